The van der Waals surface area contributed by atoms with Crippen LogP contribution in [0.4, 0.5) is 0 Å². The topological polar surface area (TPSA) is 62.8 Å². The molecule has 1 saturated heterocycles. The van der Waals surface area contributed by atoms with Gasteiger partial charge in [0.1, 0.15) is 6.10 Å². The zero-order valence-electron chi connectivity index (χ0n) is 10.6. The van der Waals surface area contributed by atoms with Crippen molar-refractivity contribution in [3.05, 3.63) is 23.8 Å². The highest BCUT2D eigenvalue weighted by atomic mass is 16.5. The molecule has 18 heavy (non-hydrogen) atoms. The Bertz CT molecular complexity index is 378. The fraction of sp³-hybridized carbons (Fsp3) is 0.538. The van der Waals surface area contributed by atoms with E-state index in [1.54, 1.807) is 7.11 Å². The SMILES string of the molecule is COc1ccc(CNO)cc1OC1CCCNC1. The molecule has 3 N–H and O–H groups in total. The Kier molecular flexibility index (Phi) is 4.81. The molecule has 1 aromatic rings. The fourth-order valence-electron chi connectivity index (χ4n) is 2.11. The first kappa shape index (κ1) is 13.1. The third-order valence-corrected chi connectivity index (χ3v) is 3.06. The molecule has 1 fully saturated rings. The molecule has 1 unspecified atom stereocenters. The average molecular weight is 252 g/mol. The van der Waals surface area contributed by atoms with Gasteiger partial charge >= 0.3 is 0 Å². The van der Waals surface area contributed by atoms with Gasteiger partial charge in [-0.2, -0.15) is 0 Å². The van der Waals surface area contributed by atoms with E-state index in [9.17, 15) is 0 Å². The van der Waals surface area contributed by atoms with Crippen molar-refractivity contribution >= 4 is 0 Å². The second-order valence-corrected chi connectivity index (χ2v) is 4.41. The predicted octanol–water partition coefficient (Wildman–Crippen LogP) is 1.30. The molecule has 0 aliphatic carbocycles. The Morgan fingerprint density at radius 1 is 1.44 bits per heavy atom. The predicted molar refractivity (Wildman–Crippen MR) is 68.1 cm³/mol. The number of hydrogen-bond donors (Lipinski definition) is 3. The van der Waals surface area contributed by atoms with Crippen LogP contribution in [0, 0.1) is 0 Å². The van der Waals surface area contributed by atoms with Crippen molar-refractivity contribution < 1.29 is 14.7 Å². The number of hydrogen-bond acceptors (Lipinski definition) is 5. The molecule has 0 radical (unpaired) electrons. The third kappa shape index (κ3) is 3.35. The van der Waals surface area contributed by atoms with E-state index < -0.39 is 0 Å². The van der Waals surface area contributed by atoms with E-state index in [0.717, 1.165) is 43.0 Å². The molecule has 1 aliphatic rings. The van der Waals surface area contributed by atoms with Crippen molar-refractivity contribution in [3.63, 3.8) is 0 Å². The first-order valence-electron chi connectivity index (χ1n) is 6.24. The maximum absolute atomic E-state index is 8.73. The molecular formula is C13H20N2O3. The van der Waals surface area contributed by atoms with Gasteiger partial charge in [0.05, 0.1) is 7.11 Å². The third-order valence-electron chi connectivity index (χ3n) is 3.06. The van der Waals surface area contributed by atoms with Crippen molar-refractivity contribution in [3.8, 4) is 11.5 Å². The van der Waals surface area contributed by atoms with E-state index in [4.69, 9.17) is 14.7 Å². The van der Waals surface area contributed by atoms with Crippen LogP contribution >= 0.6 is 0 Å². The van der Waals surface area contributed by atoms with Crippen molar-refractivity contribution in [2.45, 2.75) is 25.5 Å². The molecule has 5 heteroatoms. The van der Waals surface area contributed by atoms with E-state index >= 15 is 0 Å². The number of methoxy groups -OCH3 is 1. The van der Waals surface area contributed by atoms with Crippen LogP contribution in [-0.2, 0) is 6.54 Å². The monoisotopic (exact) mass is 252 g/mol. The van der Waals surface area contributed by atoms with Gasteiger partial charge in [-0.3, -0.25) is 0 Å². The number of hydroxylamine groups is 1. The Morgan fingerprint density at radius 2 is 2.33 bits per heavy atom. The molecule has 1 aromatic carbocycles. The van der Waals surface area contributed by atoms with Gasteiger partial charge < -0.3 is 20.0 Å². The summed E-state index contributed by atoms with van der Waals surface area (Å²) in [4.78, 5) is 0. The van der Waals surface area contributed by atoms with Crippen LogP contribution in [0.1, 0.15) is 18.4 Å². The van der Waals surface area contributed by atoms with Gasteiger partial charge in [0.15, 0.2) is 11.5 Å². The summed E-state index contributed by atoms with van der Waals surface area (Å²) in [7, 11) is 1.63. The lowest BCUT2D eigenvalue weighted by Crippen LogP contribution is -2.37. The Morgan fingerprint density at radius 3 is 3.00 bits per heavy atom. The molecule has 5 nitrogen and oxygen atoms in total. The zero-order valence-corrected chi connectivity index (χ0v) is 10.6. The minimum atomic E-state index is 0.185. The van der Waals surface area contributed by atoms with Crippen molar-refractivity contribution in [1.29, 1.82) is 0 Å². The summed E-state index contributed by atoms with van der Waals surface area (Å²) >= 11 is 0. The lowest BCUT2D eigenvalue weighted by Gasteiger charge is -2.25. The number of piperidine rings is 1. The van der Waals surface area contributed by atoms with Gasteiger partial charge in [-0.15, -0.1) is 0 Å². The standard InChI is InChI=1S/C13H20N2O3/c1-17-12-5-4-10(8-15-16)7-13(12)18-11-3-2-6-14-9-11/h4-5,7,11,14-16H,2-3,6,8-9H2,1H3. The molecule has 0 spiro atoms. The van der Waals surface area contributed by atoms with E-state index in [0.29, 0.717) is 6.54 Å². The van der Waals surface area contributed by atoms with Crippen molar-refractivity contribution in [2.24, 2.45) is 0 Å². The van der Waals surface area contributed by atoms with Crippen LogP contribution in [0.25, 0.3) is 0 Å². The summed E-state index contributed by atoms with van der Waals surface area (Å²) in [6, 6.07) is 5.66. The highest BCUT2D eigenvalue weighted by Crippen LogP contribution is 2.29. The maximum atomic E-state index is 8.73. The summed E-state index contributed by atoms with van der Waals surface area (Å²) in [5.41, 5.74) is 3.10. The van der Waals surface area contributed by atoms with Gasteiger partial charge in [-0.1, -0.05) is 6.07 Å². The van der Waals surface area contributed by atoms with Crippen LogP contribution in [-0.4, -0.2) is 31.5 Å². The average Bonchev–Trinajstić information content (AvgIpc) is 2.41. The number of benzene rings is 1. The van der Waals surface area contributed by atoms with E-state index in [1.165, 1.54) is 0 Å². The van der Waals surface area contributed by atoms with Gasteiger partial charge in [0.25, 0.3) is 0 Å². The summed E-state index contributed by atoms with van der Waals surface area (Å²) in [6.07, 6.45) is 2.37. The first-order chi connectivity index (χ1) is 8.83. The fourth-order valence-corrected chi connectivity index (χ4v) is 2.11. The molecule has 1 aliphatic heterocycles. The molecular weight excluding hydrogens is 232 g/mol. The Labute approximate surface area is 107 Å². The van der Waals surface area contributed by atoms with E-state index in [1.807, 2.05) is 18.2 Å². The van der Waals surface area contributed by atoms with Crippen LogP contribution in [0.5, 0.6) is 11.5 Å². The molecule has 0 saturated carbocycles. The van der Waals surface area contributed by atoms with Gasteiger partial charge in [0, 0.05) is 13.1 Å². The van der Waals surface area contributed by atoms with Gasteiger partial charge in [0.2, 0.25) is 0 Å². The van der Waals surface area contributed by atoms with Crippen LogP contribution in [0.2, 0.25) is 0 Å². The minimum absolute atomic E-state index is 0.185. The van der Waals surface area contributed by atoms with Crippen molar-refractivity contribution in [2.75, 3.05) is 20.2 Å². The normalized spacial score (nSPS) is 19.6. The molecule has 100 valence electrons. The molecule has 0 amide bonds. The van der Waals surface area contributed by atoms with Crippen LogP contribution in [0.15, 0.2) is 18.2 Å². The number of rotatable bonds is 5. The first-order valence-corrected chi connectivity index (χ1v) is 6.24. The van der Waals surface area contributed by atoms with Crippen LogP contribution in [0.3, 0.4) is 0 Å². The number of nitrogens with one attached hydrogen (secondary N) is 2. The molecule has 1 heterocycles. The van der Waals surface area contributed by atoms with Gasteiger partial charge in [-0.25, -0.2) is 5.48 Å². The zero-order chi connectivity index (χ0) is 12.8. The summed E-state index contributed by atoms with van der Waals surface area (Å²) in [5, 5.41) is 12.0. The largest absolute Gasteiger partial charge is 0.493 e. The Balaban J connectivity index is 2.09. The second kappa shape index (κ2) is 6.58. The molecule has 0 aromatic heterocycles. The molecule has 1 atom stereocenters. The van der Waals surface area contributed by atoms with Gasteiger partial charge in [-0.05, 0) is 37.1 Å². The smallest absolute Gasteiger partial charge is 0.161 e. The summed E-state index contributed by atoms with van der Waals surface area (Å²) in [5.74, 6) is 1.46. The minimum Gasteiger partial charge on any atom is -0.493 e. The van der Waals surface area contributed by atoms with E-state index in [2.05, 4.69) is 10.8 Å². The summed E-state index contributed by atoms with van der Waals surface area (Å²) in [6.45, 7) is 2.32. The lowest BCUT2D eigenvalue weighted by atomic mass is 10.1. The highest BCUT2D eigenvalue weighted by Gasteiger charge is 2.16. The van der Waals surface area contributed by atoms with Crippen LogP contribution < -0.4 is 20.3 Å². The maximum Gasteiger partial charge on any atom is 0.161 e. The highest BCUT2D eigenvalue weighted by molar-refractivity contribution is 5.43. The summed E-state index contributed by atoms with van der Waals surface area (Å²) < 4.78 is 11.3. The number of ether oxygens (including phenoxy) is 2. The van der Waals surface area contributed by atoms with Crippen molar-refractivity contribution in [1.82, 2.24) is 10.8 Å². The quantitative estimate of drug-likeness (QED) is 0.690. The second-order valence-electron chi connectivity index (χ2n) is 4.41. The molecule has 2 rings (SSSR count). The van der Waals surface area contributed by atoms with E-state index in [-0.39, 0.29) is 6.10 Å². The Hall–Kier alpha value is -1.30. The molecule has 0 bridgehead atoms. The lowest BCUT2D eigenvalue weighted by molar-refractivity contribution is 0.157.